The Morgan fingerprint density at radius 1 is 0.944 bits per heavy atom. The smallest absolute Gasteiger partial charge is 0.130 e. The van der Waals surface area contributed by atoms with Crippen molar-refractivity contribution >= 4 is 0 Å². The fourth-order valence-corrected chi connectivity index (χ4v) is 1.66. The van der Waals surface area contributed by atoms with Crippen molar-refractivity contribution < 1.29 is 13.9 Å². The zero-order valence-corrected chi connectivity index (χ0v) is 9.66. The van der Waals surface area contributed by atoms with Crippen LogP contribution in [0.5, 0.6) is 5.75 Å². The summed E-state index contributed by atoms with van der Waals surface area (Å²) in [5.74, 6) is -0.957. The first-order chi connectivity index (χ1) is 8.66. The Kier molecular flexibility index (Phi) is 3.89. The topological polar surface area (TPSA) is 32.3 Å². The highest BCUT2D eigenvalue weighted by atomic mass is 19.1. The Morgan fingerprint density at radius 2 is 1.67 bits per heavy atom. The molecule has 0 unspecified atom stereocenters. The number of aromatic hydroxyl groups is 1. The van der Waals surface area contributed by atoms with E-state index in [-0.39, 0.29) is 12.3 Å². The Labute approximate surface area is 104 Å². The van der Waals surface area contributed by atoms with E-state index in [0.717, 1.165) is 11.6 Å². The molecule has 2 rings (SSSR count). The molecular formula is C14H13F2NO. The van der Waals surface area contributed by atoms with Crippen LogP contribution in [0.3, 0.4) is 0 Å². The number of phenolic OH excluding ortho intramolecular Hbond substituents is 1. The molecule has 0 saturated carbocycles. The van der Waals surface area contributed by atoms with Crippen molar-refractivity contribution in [2.75, 3.05) is 0 Å². The number of rotatable bonds is 4. The van der Waals surface area contributed by atoms with Crippen LogP contribution in [0.1, 0.15) is 11.1 Å². The lowest BCUT2D eigenvalue weighted by Gasteiger charge is -2.07. The molecule has 0 fully saturated rings. The van der Waals surface area contributed by atoms with E-state index in [4.69, 9.17) is 0 Å². The summed E-state index contributed by atoms with van der Waals surface area (Å²) >= 11 is 0. The zero-order chi connectivity index (χ0) is 13.0. The molecule has 4 heteroatoms. The maximum absolute atomic E-state index is 13.3. The van der Waals surface area contributed by atoms with Crippen molar-refractivity contribution in [3.8, 4) is 5.75 Å². The van der Waals surface area contributed by atoms with Gasteiger partial charge in [0.05, 0.1) is 0 Å². The fourth-order valence-electron chi connectivity index (χ4n) is 1.66. The van der Waals surface area contributed by atoms with E-state index in [1.807, 2.05) is 6.07 Å². The molecule has 0 spiro atoms. The summed E-state index contributed by atoms with van der Waals surface area (Å²) in [6.45, 7) is 0.698. The Bertz CT molecular complexity index is 543. The van der Waals surface area contributed by atoms with Gasteiger partial charge in [-0.15, -0.1) is 0 Å². The van der Waals surface area contributed by atoms with Crippen molar-refractivity contribution in [1.29, 1.82) is 0 Å². The van der Waals surface area contributed by atoms with Crippen LogP contribution in [-0.2, 0) is 13.1 Å². The van der Waals surface area contributed by atoms with Gasteiger partial charge in [0.25, 0.3) is 0 Å². The van der Waals surface area contributed by atoms with E-state index in [1.165, 1.54) is 12.1 Å². The van der Waals surface area contributed by atoms with E-state index >= 15 is 0 Å². The second kappa shape index (κ2) is 5.60. The first-order valence-electron chi connectivity index (χ1n) is 5.58. The molecule has 0 aliphatic carbocycles. The largest absolute Gasteiger partial charge is 0.508 e. The lowest BCUT2D eigenvalue weighted by molar-refractivity contribution is 0.464. The van der Waals surface area contributed by atoms with Crippen LogP contribution in [-0.4, -0.2) is 5.11 Å². The van der Waals surface area contributed by atoms with Crippen LogP contribution >= 0.6 is 0 Å². The molecule has 2 nitrogen and oxygen atoms in total. The minimum Gasteiger partial charge on any atom is -0.508 e. The highest BCUT2D eigenvalue weighted by Crippen LogP contribution is 2.15. The Hall–Kier alpha value is -1.94. The summed E-state index contributed by atoms with van der Waals surface area (Å²) < 4.78 is 26.0. The van der Waals surface area contributed by atoms with Crippen LogP contribution in [0.2, 0.25) is 0 Å². The van der Waals surface area contributed by atoms with E-state index in [0.29, 0.717) is 12.1 Å². The van der Waals surface area contributed by atoms with Crippen LogP contribution in [0.25, 0.3) is 0 Å². The molecular weight excluding hydrogens is 236 g/mol. The molecule has 2 N–H and O–H groups in total. The summed E-state index contributed by atoms with van der Waals surface area (Å²) in [5, 5.41) is 12.5. The third kappa shape index (κ3) is 3.05. The summed E-state index contributed by atoms with van der Waals surface area (Å²) in [4.78, 5) is 0. The van der Waals surface area contributed by atoms with Gasteiger partial charge >= 0.3 is 0 Å². The number of nitrogens with one attached hydrogen (secondary N) is 1. The maximum Gasteiger partial charge on any atom is 0.130 e. The van der Waals surface area contributed by atoms with Gasteiger partial charge in [0, 0.05) is 30.3 Å². The molecule has 0 aromatic heterocycles. The molecule has 2 aromatic carbocycles. The van der Waals surface area contributed by atoms with E-state index in [2.05, 4.69) is 5.32 Å². The maximum atomic E-state index is 13.3. The third-order valence-electron chi connectivity index (χ3n) is 2.64. The minimum atomic E-state index is -0.586. The van der Waals surface area contributed by atoms with Crippen molar-refractivity contribution in [2.24, 2.45) is 0 Å². The second-order valence-corrected chi connectivity index (χ2v) is 3.97. The second-order valence-electron chi connectivity index (χ2n) is 3.97. The average molecular weight is 249 g/mol. The number of hydrogen-bond acceptors (Lipinski definition) is 2. The highest BCUT2D eigenvalue weighted by molar-refractivity contribution is 5.31. The fraction of sp³-hybridized carbons (Fsp3) is 0.143. The van der Waals surface area contributed by atoms with Gasteiger partial charge in [-0.3, -0.25) is 0 Å². The molecule has 0 radical (unpaired) electrons. The number of benzene rings is 2. The minimum absolute atomic E-state index is 0.199. The molecule has 0 heterocycles. The standard InChI is InChI=1S/C14H13F2NO/c15-12-6-5-10(13(16)7-12)8-17-9-11-3-1-2-4-14(11)18/h1-7,17-18H,8-9H2. The van der Waals surface area contributed by atoms with E-state index in [1.54, 1.807) is 18.2 Å². The number of hydrogen-bond donors (Lipinski definition) is 2. The Morgan fingerprint density at radius 3 is 2.39 bits per heavy atom. The average Bonchev–Trinajstić information content (AvgIpc) is 2.34. The van der Waals surface area contributed by atoms with Gasteiger partial charge in [0.2, 0.25) is 0 Å². The monoisotopic (exact) mass is 249 g/mol. The lowest BCUT2D eigenvalue weighted by Crippen LogP contribution is -2.13. The SMILES string of the molecule is Oc1ccccc1CNCc1ccc(F)cc1F. The predicted molar refractivity (Wildman–Crippen MR) is 65.0 cm³/mol. The van der Waals surface area contributed by atoms with Crippen molar-refractivity contribution in [1.82, 2.24) is 5.32 Å². The van der Waals surface area contributed by atoms with Crippen molar-refractivity contribution in [3.63, 3.8) is 0 Å². The first-order valence-corrected chi connectivity index (χ1v) is 5.58. The van der Waals surface area contributed by atoms with Gasteiger partial charge in [0.1, 0.15) is 17.4 Å². The van der Waals surface area contributed by atoms with Crippen LogP contribution in [0, 0.1) is 11.6 Å². The number of para-hydroxylation sites is 1. The Balaban J connectivity index is 1.95. The third-order valence-corrected chi connectivity index (χ3v) is 2.64. The quantitative estimate of drug-likeness (QED) is 0.873. The zero-order valence-electron chi connectivity index (χ0n) is 9.66. The molecule has 0 aliphatic rings. The highest BCUT2D eigenvalue weighted by Gasteiger charge is 2.04. The number of phenols is 1. The van der Waals surface area contributed by atoms with Gasteiger partial charge in [-0.05, 0) is 12.1 Å². The molecule has 0 amide bonds. The molecule has 0 atom stereocenters. The molecule has 94 valence electrons. The van der Waals surface area contributed by atoms with Crippen LogP contribution in [0.4, 0.5) is 8.78 Å². The normalized spacial score (nSPS) is 10.6. The van der Waals surface area contributed by atoms with Gasteiger partial charge in [0.15, 0.2) is 0 Å². The lowest BCUT2D eigenvalue weighted by atomic mass is 10.2. The molecule has 2 aromatic rings. The summed E-state index contributed by atoms with van der Waals surface area (Å²) in [6, 6.07) is 10.4. The molecule has 0 bridgehead atoms. The van der Waals surface area contributed by atoms with Crippen molar-refractivity contribution in [3.05, 3.63) is 65.2 Å². The number of halogens is 2. The van der Waals surface area contributed by atoms with Gasteiger partial charge in [-0.25, -0.2) is 8.78 Å². The summed E-state index contributed by atoms with van der Waals surface area (Å²) in [6.07, 6.45) is 0. The van der Waals surface area contributed by atoms with E-state index < -0.39 is 11.6 Å². The van der Waals surface area contributed by atoms with Crippen LogP contribution in [0.15, 0.2) is 42.5 Å². The van der Waals surface area contributed by atoms with Crippen LogP contribution < -0.4 is 5.32 Å². The summed E-state index contributed by atoms with van der Waals surface area (Å²) in [7, 11) is 0. The summed E-state index contributed by atoms with van der Waals surface area (Å²) in [5.41, 5.74) is 1.13. The van der Waals surface area contributed by atoms with Gasteiger partial charge in [-0.1, -0.05) is 24.3 Å². The van der Waals surface area contributed by atoms with Gasteiger partial charge < -0.3 is 10.4 Å². The first kappa shape index (κ1) is 12.5. The molecule has 0 aliphatic heterocycles. The van der Waals surface area contributed by atoms with E-state index in [9.17, 15) is 13.9 Å². The van der Waals surface area contributed by atoms with Gasteiger partial charge in [-0.2, -0.15) is 0 Å². The molecule has 0 saturated heterocycles. The van der Waals surface area contributed by atoms with Crippen molar-refractivity contribution in [2.45, 2.75) is 13.1 Å². The predicted octanol–water partition coefficient (Wildman–Crippen LogP) is 2.96. The molecule has 18 heavy (non-hydrogen) atoms.